The second-order valence-corrected chi connectivity index (χ2v) is 26.3. The molecule has 10 aliphatic rings. The molecular formula is C83H54B2N4. The average molecular weight is 1130 g/mol. The van der Waals surface area contributed by atoms with Gasteiger partial charge in [0.05, 0.1) is 11.0 Å². The molecule has 4 aliphatic heterocycles. The predicted molar refractivity (Wildman–Crippen MR) is 373 cm³/mol. The highest BCUT2D eigenvalue weighted by atomic mass is 15.2. The van der Waals surface area contributed by atoms with Gasteiger partial charge in [-0.05, 0) is 245 Å². The number of hydrogen-bond acceptors (Lipinski definition) is 4. The van der Waals surface area contributed by atoms with E-state index in [0.29, 0.717) is 5.92 Å². The largest absolute Gasteiger partial charge is 0.311 e. The third-order valence-electron chi connectivity index (χ3n) is 21.8. The molecule has 412 valence electrons. The molecule has 0 N–H and O–H groups in total. The Labute approximate surface area is 518 Å². The minimum absolute atomic E-state index is 0.0292. The number of para-hydroxylation sites is 1. The monoisotopic (exact) mass is 1130 g/mol. The number of anilines is 6. The average Bonchev–Trinajstić information content (AvgIpc) is 1.68. The maximum atomic E-state index is 5.63. The summed E-state index contributed by atoms with van der Waals surface area (Å²) in [6.07, 6.45) is 31.9. The summed E-state index contributed by atoms with van der Waals surface area (Å²) in [5, 5.41) is 2.34. The molecule has 2 unspecified atom stereocenters. The van der Waals surface area contributed by atoms with Crippen LogP contribution in [0.1, 0.15) is 67.5 Å². The van der Waals surface area contributed by atoms with Gasteiger partial charge in [0.1, 0.15) is 0 Å². The van der Waals surface area contributed by atoms with Crippen molar-refractivity contribution in [3.63, 3.8) is 0 Å². The van der Waals surface area contributed by atoms with Crippen LogP contribution in [0.25, 0.3) is 72.9 Å². The molecule has 6 heterocycles. The number of hydrogen-bond donors (Lipinski definition) is 0. The molecule has 0 radical (unpaired) electrons. The minimum Gasteiger partial charge on any atom is -0.311 e. The molecule has 21 rings (SSSR count). The summed E-state index contributed by atoms with van der Waals surface area (Å²) >= 11 is 0. The van der Waals surface area contributed by atoms with E-state index in [2.05, 4.69) is 261 Å². The van der Waals surface area contributed by atoms with Crippen LogP contribution in [0.3, 0.4) is 0 Å². The Morgan fingerprint density at radius 2 is 1.17 bits per heavy atom. The molecule has 6 aliphatic carbocycles. The fourth-order valence-corrected chi connectivity index (χ4v) is 18.5. The minimum atomic E-state index is -0.0292. The fraction of sp³-hybridized carbons (Fsp3) is 0.0843. The summed E-state index contributed by atoms with van der Waals surface area (Å²) in [5.74, 6) is 0.448. The van der Waals surface area contributed by atoms with Gasteiger partial charge in [-0.25, -0.2) is 0 Å². The molecule has 6 heteroatoms. The molecule has 9 aromatic carbocycles. The van der Waals surface area contributed by atoms with E-state index in [-0.39, 0.29) is 19.3 Å². The number of rotatable bonds is 4. The first-order valence-corrected chi connectivity index (χ1v) is 31.8. The van der Waals surface area contributed by atoms with Crippen molar-refractivity contribution in [1.29, 1.82) is 0 Å². The Kier molecular flexibility index (Phi) is 9.47. The zero-order chi connectivity index (χ0) is 58.2. The molecule has 0 saturated heterocycles. The number of allylic oxidation sites excluding steroid dienone is 14. The molecule has 11 aromatic rings. The van der Waals surface area contributed by atoms with Gasteiger partial charge in [0.25, 0.3) is 6.71 Å². The first-order valence-electron chi connectivity index (χ1n) is 31.8. The Bertz CT molecular complexity index is 5500. The highest BCUT2D eigenvalue weighted by Gasteiger charge is 2.47. The van der Waals surface area contributed by atoms with Crippen molar-refractivity contribution in [2.45, 2.75) is 45.4 Å². The van der Waals surface area contributed by atoms with E-state index in [1.807, 2.05) is 6.20 Å². The Morgan fingerprint density at radius 1 is 0.472 bits per heavy atom. The summed E-state index contributed by atoms with van der Waals surface area (Å²) in [6, 6.07) is 61.0. The quantitative estimate of drug-likeness (QED) is 0.164. The van der Waals surface area contributed by atoms with Crippen molar-refractivity contribution in [2.24, 2.45) is 0 Å². The number of nitrogens with zero attached hydrogens (tertiary/aromatic N) is 4. The van der Waals surface area contributed by atoms with Crippen molar-refractivity contribution in [2.75, 3.05) is 9.80 Å². The van der Waals surface area contributed by atoms with Gasteiger partial charge < -0.3 is 9.80 Å². The SMILES string of the molecule is Cc1cc(C)c(-c2ccc3c(c2)-c2cccc4c2B3c2ccccc2N4c2cc3c4c(c2)CC=C2C=CC(c5cnc6c7c(ccc6c5)-c5cccc6c5B7c5c(ccc7ncccc57)N6c5cc6c7c(c5)CC=C5C=CC=C(C=C6)C57)=C(C=C3)C24)c(C)c1. The maximum Gasteiger partial charge on any atom is 0.252 e. The first-order chi connectivity index (χ1) is 43.9. The summed E-state index contributed by atoms with van der Waals surface area (Å²) in [4.78, 5) is 15.7. The lowest BCUT2D eigenvalue weighted by molar-refractivity contribution is 0.892. The van der Waals surface area contributed by atoms with E-state index >= 15 is 0 Å². The van der Waals surface area contributed by atoms with Crippen LogP contribution in [0.4, 0.5) is 34.1 Å². The number of benzene rings is 9. The summed E-state index contributed by atoms with van der Waals surface area (Å²) in [6.45, 7) is 6.86. The zero-order valence-electron chi connectivity index (χ0n) is 49.5. The van der Waals surface area contributed by atoms with Gasteiger partial charge >= 0.3 is 0 Å². The second-order valence-electron chi connectivity index (χ2n) is 26.3. The van der Waals surface area contributed by atoms with Crippen LogP contribution in [0, 0.1) is 20.8 Å². The number of aromatic nitrogens is 2. The molecule has 0 fully saturated rings. The molecule has 2 atom stereocenters. The van der Waals surface area contributed by atoms with E-state index in [0.717, 1.165) is 34.8 Å². The summed E-state index contributed by atoms with van der Waals surface area (Å²) < 4.78 is 0. The van der Waals surface area contributed by atoms with Crippen LogP contribution in [-0.4, -0.2) is 23.4 Å². The van der Waals surface area contributed by atoms with Gasteiger partial charge in [0.15, 0.2) is 0 Å². The number of pyridine rings is 2. The van der Waals surface area contributed by atoms with Crippen LogP contribution in [0.15, 0.2) is 247 Å². The Balaban J connectivity index is 0.666. The lowest BCUT2D eigenvalue weighted by atomic mass is 9.36. The lowest BCUT2D eigenvalue weighted by Gasteiger charge is -2.39. The zero-order valence-corrected chi connectivity index (χ0v) is 49.5. The molecular weight excluding hydrogens is 1070 g/mol. The Hall–Kier alpha value is -10.6. The van der Waals surface area contributed by atoms with Crippen LogP contribution >= 0.6 is 0 Å². The maximum absolute atomic E-state index is 5.63. The standard InChI is InChI=1S/C83H54B2N4/c1-45-36-46(2)74(47(3)37-45)55-28-32-67-66(43-55)63-13-8-17-71-79(63)84(67)68-15-4-5-16-70(68)88(71)58-41-53-24-21-50-25-29-60(61-30-26-54(42-58)77(53)78(50)61)57-38-56-27-31-64-62-12-7-18-72-80(62)85(82(64)83(56)87-44-57)81-65-14-9-35-86-69(65)33-34-73(81)89(72)59-39-51-22-19-48-10-6-11-49-20-23-52(40-59)76(51)75(48)49/h4-22,25-44,75,78H,23-24H2,1-3H3. The van der Waals surface area contributed by atoms with Gasteiger partial charge in [-0.3, -0.25) is 9.97 Å². The van der Waals surface area contributed by atoms with E-state index in [1.165, 1.54) is 184 Å². The van der Waals surface area contributed by atoms with Crippen molar-refractivity contribution < 1.29 is 0 Å². The van der Waals surface area contributed by atoms with Crippen LogP contribution in [-0.2, 0) is 12.8 Å². The molecule has 0 saturated carbocycles. The van der Waals surface area contributed by atoms with Crippen molar-refractivity contribution in [1.82, 2.24) is 9.97 Å². The molecule has 4 nitrogen and oxygen atoms in total. The molecule has 89 heavy (non-hydrogen) atoms. The highest BCUT2D eigenvalue weighted by Crippen LogP contribution is 2.54. The molecule has 0 spiro atoms. The summed E-state index contributed by atoms with van der Waals surface area (Å²) in [5.41, 5.74) is 45.7. The second kappa shape index (κ2) is 17.4. The number of fused-ring (bicyclic) bond motifs is 14. The third-order valence-corrected chi connectivity index (χ3v) is 21.8. The van der Waals surface area contributed by atoms with Crippen LogP contribution in [0.5, 0.6) is 0 Å². The lowest BCUT2D eigenvalue weighted by Crippen LogP contribution is -2.55. The fourth-order valence-electron chi connectivity index (χ4n) is 18.5. The van der Waals surface area contributed by atoms with Crippen LogP contribution < -0.4 is 42.6 Å². The van der Waals surface area contributed by atoms with E-state index < -0.39 is 0 Å². The third kappa shape index (κ3) is 6.40. The van der Waals surface area contributed by atoms with E-state index in [9.17, 15) is 0 Å². The van der Waals surface area contributed by atoms with E-state index in [4.69, 9.17) is 9.97 Å². The summed E-state index contributed by atoms with van der Waals surface area (Å²) in [7, 11) is 0. The van der Waals surface area contributed by atoms with Gasteiger partial charge in [-0.2, -0.15) is 0 Å². The topological polar surface area (TPSA) is 32.3 Å². The highest BCUT2D eigenvalue weighted by molar-refractivity contribution is 7.04. The first kappa shape index (κ1) is 48.6. The van der Waals surface area contributed by atoms with Crippen molar-refractivity contribution in [3.8, 4) is 33.4 Å². The van der Waals surface area contributed by atoms with Gasteiger partial charge in [0, 0.05) is 69.3 Å². The van der Waals surface area contributed by atoms with Gasteiger partial charge in [0.2, 0.25) is 6.71 Å². The smallest absolute Gasteiger partial charge is 0.252 e. The van der Waals surface area contributed by atoms with Crippen LogP contribution in [0.2, 0.25) is 0 Å². The van der Waals surface area contributed by atoms with Crippen molar-refractivity contribution in [3.05, 3.63) is 303 Å². The normalized spacial score (nSPS) is 17.9. The molecule has 0 bridgehead atoms. The van der Waals surface area contributed by atoms with Gasteiger partial charge in [-0.15, -0.1) is 0 Å². The molecule has 0 amide bonds. The molecule has 2 aromatic heterocycles. The predicted octanol–water partition coefficient (Wildman–Crippen LogP) is 15.6. The Morgan fingerprint density at radius 3 is 1.99 bits per heavy atom. The van der Waals surface area contributed by atoms with Crippen molar-refractivity contribution >= 4 is 120 Å². The van der Waals surface area contributed by atoms with Gasteiger partial charge in [-0.1, -0.05) is 163 Å². The number of aryl methyl sites for hydroxylation is 3. The van der Waals surface area contributed by atoms with E-state index in [1.54, 1.807) is 0 Å².